The summed E-state index contributed by atoms with van der Waals surface area (Å²) >= 11 is 0. The fourth-order valence-electron chi connectivity index (χ4n) is 5.06. The highest BCUT2D eigenvalue weighted by atomic mass is 16.5. The molecular formula is C20H28N2O2. The third-order valence-electron chi connectivity index (χ3n) is 6.46. The van der Waals surface area contributed by atoms with E-state index in [0.717, 1.165) is 44.5 Å². The molecule has 4 rings (SSSR count). The highest BCUT2D eigenvalue weighted by Crippen LogP contribution is 2.44. The summed E-state index contributed by atoms with van der Waals surface area (Å²) in [6.07, 6.45) is 7.93. The standard InChI is InChI=1S/C20H28N2O2/c1-24-16-8-9-17-14(11-16)5-4-7-18(17)22-19(23)20-10-3-2-6-15(20)12-21-13-20/h8-9,11,15,18,21H,2-7,10,12-13H2,1H3,(H,22,23)/t15-,18?,20+/m0/s1. The summed E-state index contributed by atoms with van der Waals surface area (Å²) in [6.45, 7) is 1.86. The van der Waals surface area contributed by atoms with Crippen LogP contribution in [0.15, 0.2) is 18.2 Å². The molecule has 0 spiro atoms. The summed E-state index contributed by atoms with van der Waals surface area (Å²) < 4.78 is 5.35. The molecule has 1 aromatic carbocycles. The van der Waals surface area contributed by atoms with Gasteiger partial charge < -0.3 is 15.4 Å². The Hall–Kier alpha value is -1.55. The van der Waals surface area contributed by atoms with E-state index in [0.29, 0.717) is 5.92 Å². The van der Waals surface area contributed by atoms with Crippen molar-refractivity contribution in [1.29, 1.82) is 0 Å². The molecule has 0 radical (unpaired) electrons. The number of carbonyl (C=O) groups is 1. The lowest BCUT2D eigenvalue weighted by Gasteiger charge is -2.39. The molecule has 4 nitrogen and oxygen atoms in total. The zero-order valence-electron chi connectivity index (χ0n) is 14.6. The first-order chi connectivity index (χ1) is 11.7. The van der Waals surface area contributed by atoms with Gasteiger partial charge in [0.15, 0.2) is 0 Å². The molecule has 4 heteroatoms. The van der Waals surface area contributed by atoms with Crippen molar-refractivity contribution >= 4 is 5.91 Å². The Bertz CT molecular complexity index is 630. The van der Waals surface area contributed by atoms with Crippen LogP contribution in [-0.2, 0) is 11.2 Å². The van der Waals surface area contributed by atoms with Crippen LogP contribution in [0.1, 0.15) is 55.7 Å². The van der Waals surface area contributed by atoms with E-state index in [9.17, 15) is 4.79 Å². The van der Waals surface area contributed by atoms with Crippen molar-refractivity contribution in [1.82, 2.24) is 10.6 Å². The number of nitrogens with one attached hydrogen (secondary N) is 2. The van der Waals surface area contributed by atoms with Crippen molar-refractivity contribution in [3.8, 4) is 5.75 Å². The molecule has 1 aromatic rings. The van der Waals surface area contributed by atoms with E-state index in [2.05, 4.69) is 22.8 Å². The number of hydrogen-bond acceptors (Lipinski definition) is 3. The third kappa shape index (κ3) is 2.61. The Morgan fingerprint density at radius 3 is 3.08 bits per heavy atom. The minimum absolute atomic E-state index is 0.157. The molecule has 1 unspecified atom stereocenters. The minimum atomic E-state index is -0.164. The molecule has 1 amide bonds. The fourth-order valence-corrected chi connectivity index (χ4v) is 5.06. The third-order valence-corrected chi connectivity index (χ3v) is 6.46. The van der Waals surface area contributed by atoms with Gasteiger partial charge in [-0.3, -0.25) is 4.79 Å². The van der Waals surface area contributed by atoms with Gasteiger partial charge in [-0.05, 0) is 67.8 Å². The van der Waals surface area contributed by atoms with E-state index in [1.807, 2.05) is 6.07 Å². The molecule has 0 aromatic heterocycles. The molecule has 2 N–H and O–H groups in total. The molecule has 1 saturated carbocycles. The number of fused-ring (bicyclic) bond motifs is 2. The van der Waals surface area contributed by atoms with E-state index in [-0.39, 0.29) is 17.4 Å². The van der Waals surface area contributed by atoms with Gasteiger partial charge in [0.2, 0.25) is 5.91 Å². The smallest absolute Gasteiger partial charge is 0.228 e. The second kappa shape index (κ2) is 6.40. The maximum absolute atomic E-state index is 13.2. The molecule has 0 bridgehead atoms. The molecule has 3 aliphatic rings. The average molecular weight is 328 g/mol. The van der Waals surface area contributed by atoms with E-state index < -0.39 is 0 Å². The second-order valence-electron chi connectivity index (χ2n) is 7.71. The minimum Gasteiger partial charge on any atom is -0.497 e. The molecule has 130 valence electrons. The number of aryl methyl sites for hydroxylation is 1. The van der Waals surface area contributed by atoms with E-state index in [1.54, 1.807) is 7.11 Å². The summed E-state index contributed by atoms with van der Waals surface area (Å²) in [5.41, 5.74) is 2.45. The highest BCUT2D eigenvalue weighted by molar-refractivity contribution is 5.84. The van der Waals surface area contributed by atoms with Crippen LogP contribution in [0.2, 0.25) is 0 Å². The summed E-state index contributed by atoms with van der Waals surface area (Å²) in [7, 11) is 1.71. The van der Waals surface area contributed by atoms with Crippen LogP contribution in [0, 0.1) is 11.3 Å². The van der Waals surface area contributed by atoms with Gasteiger partial charge in [-0.1, -0.05) is 18.9 Å². The number of methoxy groups -OCH3 is 1. The zero-order valence-corrected chi connectivity index (χ0v) is 14.6. The molecule has 24 heavy (non-hydrogen) atoms. The highest BCUT2D eigenvalue weighted by Gasteiger charge is 2.50. The van der Waals surface area contributed by atoms with Crippen molar-refractivity contribution in [2.24, 2.45) is 11.3 Å². The van der Waals surface area contributed by atoms with E-state index >= 15 is 0 Å². The van der Waals surface area contributed by atoms with Crippen molar-refractivity contribution in [2.45, 2.75) is 51.0 Å². The van der Waals surface area contributed by atoms with Crippen LogP contribution in [0.3, 0.4) is 0 Å². The summed E-state index contributed by atoms with van der Waals surface area (Å²) in [4.78, 5) is 13.2. The first-order valence-electron chi connectivity index (χ1n) is 9.41. The predicted octanol–water partition coefficient (Wildman–Crippen LogP) is 2.97. The van der Waals surface area contributed by atoms with Gasteiger partial charge >= 0.3 is 0 Å². The number of hydrogen-bond donors (Lipinski definition) is 2. The van der Waals surface area contributed by atoms with Gasteiger partial charge in [-0.25, -0.2) is 0 Å². The van der Waals surface area contributed by atoms with Gasteiger partial charge in [0.25, 0.3) is 0 Å². The monoisotopic (exact) mass is 328 g/mol. The van der Waals surface area contributed by atoms with Crippen LogP contribution >= 0.6 is 0 Å². The SMILES string of the molecule is COc1ccc2c(c1)CCCC2NC(=O)[C@@]12CCCC[C@H]1CNC2. The van der Waals surface area contributed by atoms with Gasteiger partial charge in [-0.15, -0.1) is 0 Å². The summed E-state index contributed by atoms with van der Waals surface area (Å²) in [6, 6.07) is 6.44. The Kier molecular flexibility index (Phi) is 4.25. The first-order valence-corrected chi connectivity index (χ1v) is 9.41. The zero-order chi connectivity index (χ0) is 16.6. The van der Waals surface area contributed by atoms with E-state index in [1.165, 1.54) is 30.4 Å². The second-order valence-corrected chi connectivity index (χ2v) is 7.71. The van der Waals surface area contributed by atoms with Crippen LogP contribution in [0.4, 0.5) is 0 Å². The van der Waals surface area contributed by atoms with Crippen molar-refractivity contribution in [2.75, 3.05) is 20.2 Å². The maximum atomic E-state index is 13.2. The fraction of sp³-hybridized carbons (Fsp3) is 0.650. The Labute approximate surface area is 144 Å². The summed E-state index contributed by atoms with van der Waals surface area (Å²) in [5, 5.41) is 6.90. The normalized spacial score (nSPS) is 31.9. The van der Waals surface area contributed by atoms with Crippen molar-refractivity contribution < 1.29 is 9.53 Å². The van der Waals surface area contributed by atoms with Crippen LogP contribution in [-0.4, -0.2) is 26.1 Å². The number of benzene rings is 1. The molecule has 2 fully saturated rings. The molecule has 2 aliphatic carbocycles. The number of rotatable bonds is 3. The van der Waals surface area contributed by atoms with Crippen molar-refractivity contribution in [3.63, 3.8) is 0 Å². The van der Waals surface area contributed by atoms with Gasteiger partial charge in [-0.2, -0.15) is 0 Å². The largest absolute Gasteiger partial charge is 0.497 e. The Morgan fingerprint density at radius 1 is 1.29 bits per heavy atom. The predicted molar refractivity (Wildman–Crippen MR) is 94.1 cm³/mol. The van der Waals surface area contributed by atoms with Crippen molar-refractivity contribution in [3.05, 3.63) is 29.3 Å². The first kappa shape index (κ1) is 15.9. The Morgan fingerprint density at radius 2 is 2.21 bits per heavy atom. The maximum Gasteiger partial charge on any atom is 0.228 e. The molecule has 1 saturated heterocycles. The van der Waals surface area contributed by atoms with Gasteiger partial charge in [0.1, 0.15) is 5.75 Å². The summed E-state index contributed by atoms with van der Waals surface area (Å²) in [5.74, 6) is 1.71. The van der Waals surface area contributed by atoms with Gasteiger partial charge in [0, 0.05) is 6.54 Å². The molecular weight excluding hydrogens is 300 g/mol. The average Bonchev–Trinajstić information content (AvgIpc) is 3.07. The molecule has 1 heterocycles. The molecule has 1 aliphatic heterocycles. The van der Waals surface area contributed by atoms with Crippen LogP contribution < -0.4 is 15.4 Å². The molecule has 3 atom stereocenters. The number of amides is 1. The Balaban J connectivity index is 1.55. The topological polar surface area (TPSA) is 50.4 Å². The van der Waals surface area contributed by atoms with Crippen LogP contribution in [0.5, 0.6) is 5.75 Å². The lowest BCUT2D eigenvalue weighted by Crippen LogP contribution is -2.49. The number of ether oxygens (including phenoxy) is 1. The quantitative estimate of drug-likeness (QED) is 0.897. The van der Waals surface area contributed by atoms with Gasteiger partial charge in [0.05, 0.1) is 18.6 Å². The lowest BCUT2D eigenvalue weighted by molar-refractivity contribution is -0.135. The number of carbonyl (C=O) groups excluding carboxylic acids is 1. The van der Waals surface area contributed by atoms with Crippen LogP contribution in [0.25, 0.3) is 0 Å². The van der Waals surface area contributed by atoms with E-state index in [4.69, 9.17) is 4.74 Å². The lowest BCUT2D eigenvalue weighted by atomic mass is 9.67.